The number of nitrogens with zero attached hydrogens (tertiary/aromatic N) is 2. The van der Waals surface area contributed by atoms with Crippen LogP contribution in [0, 0.1) is 6.92 Å². The van der Waals surface area contributed by atoms with Gasteiger partial charge >= 0.3 is 0 Å². The van der Waals surface area contributed by atoms with Crippen LogP contribution in [0.2, 0.25) is 0 Å². The zero-order valence-corrected chi connectivity index (χ0v) is 14.1. The standard InChI is InChI=1S/C21H19N3O/c1-15-6-2-4-8-18(15)23-17-10-11-19(22-14-17)21(25)24-13-12-16-7-3-5-9-20(16)24/h2-11,14,23H,12-13H2,1H3. The number of carbonyl (C=O) groups is 1. The fourth-order valence-corrected chi connectivity index (χ4v) is 3.15. The summed E-state index contributed by atoms with van der Waals surface area (Å²) in [4.78, 5) is 19.0. The molecule has 1 aliphatic heterocycles. The van der Waals surface area contributed by atoms with Gasteiger partial charge in [-0.15, -0.1) is 0 Å². The van der Waals surface area contributed by atoms with Crippen LogP contribution in [-0.2, 0) is 6.42 Å². The lowest BCUT2D eigenvalue weighted by atomic mass is 10.2. The third-order valence-electron chi connectivity index (χ3n) is 4.54. The van der Waals surface area contributed by atoms with Crippen molar-refractivity contribution in [2.45, 2.75) is 13.3 Å². The fraction of sp³-hybridized carbons (Fsp3) is 0.143. The molecule has 0 spiro atoms. The molecule has 1 aromatic heterocycles. The Morgan fingerprint density at radius 2 is 1.84 bits per heavy atom. The minimum Gasteiger partial charge on any atom is -0.354 e. The number of carbonyl (C=O) groups excluding carboxylic acids is 1. The van der Waals surface area contributed by atoms with Gasteiger partial charge in [-0.05, 0) is 48.7 Å². The van der Waals surface area contributed by atoms with Crippen LogP contribution in [-0.4, -0.2) is 17.4 Å². The Hall–Kier alpha value is -3.14. The van der Waals surface area contributed by atoms with E-state index in [1.54, 1.807) is 12.3 Å². The van der Waals surface area contributed by atoms with Crippen LogP contribution >= 0.6 is 0 Å². The van der Waals surface area contributed by atoms with Gasteiger partial charge in [0.05, 0.1) is 11.9 Å². The van der Waals surface area contributed by atoms with Crippen molar-refractivity contribution in [2.24, 2.45) is 0 Å². The van der Waals surface area contributed by atoms with Crippen LogP contribution in [0.4, 0.5) is 17.1 Å². The third kappa shape index (κ3) is 2.98. The second-order valence-electron chi connectivity index (χ2n) is 6.21. The molecule has 0 saturated heterocycles. The molecule has 2 heterocycles. The average molecular weight is 329 g/mol. The number of pyridine rings is 1. The predicted octanol–water partition coefficient (Wildman–Crippen LogP) is 4.34. The highest BCUT2D eigenvalue weighted by Crippen LogP contribution is 2.28. The molecule has 1 amide bonds. The Bertz CT molecular complexity index is 918. The van der Waals surface area contributed by atoms with Gasteiger partial charge in [-0.25, -0.2) is 4.98 Å². The number of fused-ring (bicyclic) bond motifs is 1. The van der Waals surface area contributed by atoms with E-state index in [9.17, 15) is 4.79 Å². The molecule has 0 fully saturated rings. The summed E-state index contributed by atoms with van der Waals surface area (Å²) >= 11 is 0. The summed E-state index contributed by atoms with van der Waals surface area (Å²) in [6.07, 6.45) is 2.61. The van der Waals surface area contributed by atoms with Crippen LogP contribution in [0.3, 0.4) is 0 Å². The second kappa shape index (κ2) is 6.40. The zero-order chi connectivity index (χ0) is 17.2. The Balaban J connectivity index is 1.53. The van der Waals surface area contributed by atoms with Crippen molar-refractivity contribution in [1.82, 2.24) is 4.98 Å². The molecule has 4 heteroatoms. The first-order chi connectivity index (χ1) is 12.2. The molecule has 0 radical (unpaired) electrons. The van der Waals surface area contributed by atoms with E-state index in [1.807, 2.05) is 47.4 Å². The topological polar surface area (TPSA) is 45.2 Å². The SMILES string of the molecule is Cc1ccccc1Nc1ccc(C(=O)N2CCc3ccccc32)nc1. The first kappa shape index (κ1) is 15.4. The number of rotatable bonds is 3. The van der Waals surface area contributed by atoms with Crippen molar-refractivity contribution in [3.63, 3.8) is 0 Å². The average Bonchev–Trinajstić information content (AvgIpc) is 3.08. The van der Waals surface area contributed by atoms with E-state index < -0.39 is 0 Å². The number of hydrogen-bond donors (Lipinski definition) is 1. The van der Waals surface area contributed by atoms with Gasteiger partial charge in [0, 0.05) is 17.9 Å². The maximum atomic E-state index is 12.8. The normalized spacial score (nSPS) is 12.8. The largest absolute Gasteiger partial charge is 0.354 e. The van der Waals surface area contributed by atoms with Gasteiger partial charge in [-0.1, -0.05) is 36.4 Å². The van der Waals surface area contributed by atoms with Gasteiger partial charge < -0.3 is 10.2 Å². The molecular formula is C21H19N3O. The third-order valence-corrected chi connectivity index (χ3v) is 4.54. The van der Waals surface area contributed by atoms with Crippen molar-refractivity contribution >= 4 is 23.0 Å². The van der Waals surface area contributed by atoms with Crippen molar-refractivity contribution in [1.29, 1.82) is 0 Å². The van der Waals surface area contributed by atoms with Crippen LogP contribution in [0.15, 0.2) is 66.9 Å². The summed E-state index contributed by atoms with van der Waals surface area (Å²) < 4.78 is 0. The number of anilines is 3. The minimum atomic E-state index is -0.0487. The summed E-state index contributed by atoms with van der Waals surface area (Å²) in [7, 11) is 0. The van der Waals surface area contributed by atoms with Crippen LogP contribution in [0.1, 0.15) is 21.6 Å². The van der Waals surface area contributed by atoms with E-state index in [0.29, 0.717) is 12.2 Å². The lowest BCUT2D eigenvalue weighted by Gasteiger charge is -2.17. The highest BCUT2D eigenvalue weighted by atomic mass is 16.2. The summed E-state index contributed by atoms with van der Waals surface area (Å²) in [5.74, 6) is -0.0487. The molecule has 0 atom stereocenters. The molecule has 25 heavy (non-hydrogen) atoms. The van der Waals surface area contributed by atoms with E-state index >= 15 is 0 Å². The molecule has 0 aliphatic carbocycles. The van der Waals surface area contributed by atoms with Crippen molar-refractivity contribution in [2.75, 3.05) is 16.8 Å². The summed E-state index contributed by atoms with van der Waals surface area (Å²) in [6, 6.07) is 19.8. The molecule has 1 N–H and O–H groups in total. The van der Waals surface area contributed by atoms with E-state index in [0.717, 1.165) is 29.0 Å². The first-order valence-electron chi connectivity index (χ1n) is 8.41. The minimum absolute atomic E-state index is 0.0487. The maximum absolute atomic E-state index is 12.8. The van der Waals surface area contributed by atoms with Crippen LogP contribution in [0.5, 0.6) is 0 Å². The summed E-state index contributed by atoms with van der Waals surface area (Å²) in [5, 5.41) is 3.34. The van der Waals surface area contributed by atoms with E-state index in [4.69, 9.17) is 0 Å². The lowest BCUT2D eigenvalue weighted by molar-refractivity contribution is 0.0984. The highest BCUT2D eigenvalue weighted by molar-refractivity contribution is 6.06. The van der Waals surface area contributed by atoms with Gasteiger partial charge in [0.25, 0.3) is 5.91 Å². The molecular weight excluding hydrogens is 310 g/mol. The number of para-hydroxylation sites is 2. The first-order valence-corrected chi connectivity index (χ1v) is 8.41. The van der Waals surface area contributed by atoms with Gasteiger partial charge in [-0.3, -0.25) is 4.79 Å². The van der Waals surface area contributed by atoms with Crippen molar-refractivity contribution < 1.29 is 4.79 Å². The number of nitrogens with one attached hydrogen (secondary N) is 1. The monoisotopic (exact) mass is 329 g/mol. The lowest BCUT2D eigenvalue weighted by Crippen LogP contribution is -2.29. The smallest absolute Gasteiger partial charge is 0.276 e. The zero-order valence-electron chi connectivity index (χ0n) is 14.1. The Labute approximate surface area is 147 Å². The molecule has 0 unspecified atom stereocenters. The fourth-order valence-electron chi connectivity index (χ4n) is 3.15. The van der Waals surface area contributed by atoms with Crippen LogP contribution < -0.4 is 10.2 Å². The Morgan fingerprint density at radius 1 is 1.04 bits per heavy atom. The van der Waals surface area contributed by atoms with Crippen LogP contribution in [0.25, 0.3) is 0 Å². The van der Waals surface area contributed by atoms with Crippen molar-refractivity contribution in [3.05, 3.63) is 83.7 Å². The van der Waals surface area contributed by atoms with E-state index in [2.05, 4.69) is 29.4 Å². The Kier molecular flexibility index (Phi) is 3.94. The number of hydrogen-bond acceptors (Lipinski definition) is 3. The predicted molar refractivity (Wildman–Crippen MR) is 101 cm³/mol. The Morgan fingerprint density at radius 3 is 2.64 bits per heavy atom. The van der Waals surface area contributed by atoms with Crippen molar-refractivity contribution in [3.8, 4) is 0 Å². The van der Waals surface area contributed by atoms with Gasteiger partial charge in [-0.2, -0.15) is 0 Å². The quantitative estimate of drug-likeness (QED) is 0.777. The van der Waals surface area contributed by atoms with Gasteiger partial charge in [0.15, 0.2) is 0 Å². The number of benzene rings is 2. The molecule has 3 aromatic rings. The number of aryl methyl sites for hydroxylation is 1. The molecule has 1 aliphatic rings. The molecule has 124 valence electrons. The second-order valence-corrected chi connectivity index (χ2v) is 6.21. The molecule has 0 bridgehead atoms. The van der Waals surface area contributed by atoms with E-state index in [-0.39, 0.29) is 5.91 Å². The summed E-state index contributed by atoms with van der Waals surface area (Å²) in [6.45, 7) is 2.77. The number of aromatic nitrogens is 1. The molecule has 4 rings (SSSR count). The molecule has 4 nitrogen and oxygen atoms in total. The molecule has 0 saturated carbocycles. The number of amides is 1. The van der Waals surface area contributed by atoms with Gasteiger partial charge in [0.2, 0.25) is 0 Å². The van der Waals surface area contributed by atoms with Gasteiger partial charge in [0.1, 0.15) is 5.69 Å². The maximum Gasteiger partial charge on any atom is 0.276 e. The molecule has 2 aromatic carbocycles. The highest BCUT2D eigenvalue weighted by Gasteiger charge is 2.25. The van der Waals surface area contributed by atoms with E-state index in [1.165, 1.54) is 5.56 Å². The summed E-state index contributed by atoms with van der Waals surface area (Å²) in [5.41, 5.74) is 5.75.